The highest BCUT2D eigenvalue weighted by molar-refractivity contribution is 7.10. The Bertz CT molecular complexity index is 729. The van der Waals surface area contributed by atoms with Crippen LogP contribution < -0.4 is 15.0 Å². The summed E-state index contributed by atoms with van der Waals surface area (Å²) in [4.78, 5) is 27.8. The fourth-order valence-electron chi connectivity index (χ4n) is 2.23. The molecule has 132 valence electrons. The first kappa shape index (κ1) is 17.3. The molecule has 1 aliphatic heterocycles. The molecule has 0 unspecified atom stereocenters. The minimum absolute atomic E-state index is 0.198. The Morgan fingerprint density at radius 3 is 2.96 bits per heavy atom. The number of rotatable bonds is 6. The van der Waals surface area contributed by atoms with Crippen LogP contribution in [0.25, 0.3) is 6.08 Å². The van der Waals surface area contributed by atoms with Crippen molar-refractivity contribution in [2.24, 2.45) is 0 Å². The molecule has 1 amide bonds. The third-order valence-corrected chi connectivity index (χ3v) is 4.33. The number of nitrogens with one attached hydrogen (secondary N) is 1. The van der Waals surface area contributed by atoms with E-state index in [1.54, 1.807) is 17.4 Å². The third-order valence-electron chi connectivity index (χ3n) is 3.49. The summed E-state index contributed by atoms with van der Waals surface area (Å²) in [5, 5.41) is 4.73. The van der Waals surface area contributed by atoms with Gasteiger partial charge < -0.3 is 19.7 Å². The van der Waals surface area contributed by atoms with Crippen molar-refractivity contribution in [2.45, 2.75) is 6.54 Å². The molecule has 1 aliphatic rings. The van der Waals surface area contributed by atoms with Crippen LogP contribution in [-0.2, 0) is 16.1 Å². The number of amides is 1. The van der Waals surface area contributed by atoms with Crippen LogP contribution in [0.15, 0.2) is 23.6 Å². The smallest absolute Gasteiger partial charge is 0.321 e. The van der Waals surface area contributed by atoms with Gasteiger partial charge in [0.2, 0.25) is 11.9 Å². The zero-order valence-electron chi connectivity index (χ0n) is 13.8. The van der Waals surface area contributed by atoms with E-state index < -0.39 is 0 Å². The molecule has 2 aromatic rings. The van der Waals surface area contributed by atoms with E-state index in [0.717, 1.165) is 4.88 Å². The molecule has 0 aromatic carbocycles. The molecule has 3 rings (SSSR count). The third kappa shape index (κ3) is 4.97. The standard InChI is InChI=1S/C16H19N5O3S/c1-23-16-19-13(18-15(20-16)21-6-8-24-9-7-21)11-17-14(22)5-4-12-3-2-10-25-12/h2-5,10H,6-9,11H2,1H3,(H,17,22)/b5-4+. The average Bonchev–Trinajstić information content (AvgIpc) is 3.19. The van der Waals surface area contributed by atoms with E-state index >= 15 is 0 Å². The van der Waals surface area contributed by atoms with Gasteiger partial charge in [-0.15, -0.1) is 11.3 Å². The van der Waals surface area contributed by atoms with E-state index in [-0.39, 0.29) is 18.5 Å². The van der Waals surface area contributed by atoms with Crippen molar-refractivity contribution in [3.05, 3.63) is 34.3 Å². The lowest BCUT2D eigenvalue weighted by atomic mass is 10.4. The lowest BCUT2D eigenvalue weighted by Crippen LogP contribution is -2.37. The van der Waals surface area contributed by atoms with Crippen LogP contribution in [0.1, 0.15) is 10.7 Å². The lowest BCUT2D eigenvalue weighted by molar-refractivity contribution is -0.116. The van der Waals surface area contributed by atoms with E-state index in [9.17, 15) is 4.79 Å². The molecule has 1 saturated heterocycles. The van der Waals surface area contributed by atoms with Gasteiger partial charge >= 0.3 is 6.01 Å². The number of hydrogen-bond acceptors (Lipinski definition) is 8. The van der Waals surface area contributed by atoms with Crippen LogP contribution in [0.5, 0.6) is 6.01 Å². The monoisotopic (exact) mass is 361 g/mol. The van der Waals surface area contributed by atoms with Gasteiger partial charge in [0, 0.05) is 24.0 Å². The highest BCUT2D eigenvalue weighted by Gasteiger charge is 2.16. The van der Waals surface area contributed by atoms with Crippen LogP contribution in [0.2, 0.25) is 0 Å². The molecule has 0 spiro atoms. The molecule has 0 saturated carbocycles. The Morgan fingerprint density at radius 2 is 2.24 bits per heavy atom. The topological polar surface area (TPSA) is 89.5 Å². The molecular weight excluding hydrogens is 342 g/mol. The van der Waals surface area contributed by atoms with Crippen molar-refractivity contribution in [1.29, 1.82) is 0 Å². The number of morpholine rings is 1. The molecule has 0 atom stereocenters. The van der Waals surface area contributed by atoms with Gasteiger partial charge in [-0.25, -0.2) is 0 Å². The van der Waals surface area contributed by atoms with Gasteiger partial charge in [0.05, 0.1) is 26.9 Å². The molecule has 0 aliphatic carbocycles. The van der Waals surface area contributed by atoms with E-state index in [1.165, 1.54) is 13.2 Å². The molecule has 0 radical (unpaired) electrons. The molecule has 25 heavy (non-hydrogen) atoms. The Balaban J connectivity index is 1.63. The average molecular weight is 361 g/mol. The molecule has 9 heteroatoms. The number of carbonyl (C=O) groups is 1. The maximum atomic E-state index is 11.9. The summed E-state index contributed by atoms with van der Waals surface area (Å²) in [7, 11) is 1.50. The minimum Gasteiger partial charge on any atom is -0.467 e. The van der Waals surface area contributed by atoms with E-state index in [0.29, 0.717) is 38.1 Å². The first-order valence-electron chi connectivity index (χ1n) is 7.85. The predicted molar refractivity (Wildman–Crippen MR) is 94.6 cm³/mol. The Kier molecular flexibility index (Phi) is 5.91. The van der Waals surface area contributed by atoms with E-state index in [2.05, 4.69) is 20.3 Å². The van der Waals surface area contributed by atoms with Crippen molar-refractivity contribution >= 4 is 29.3 Å². The van der Waals surface area contributed by atoms with Crippen LogP contribution in [0.4, 0.5) is 5.95 Å². The van der Waals surface area contributed by atoms with Crippen molar-refractivity contribution in [1.82, 2.24) is 20.3 Å². The van der Waals surface area contributed by atoms with E-state index in [1.807, 2.05) is 22.4 Å². The second kappa shape index (κ2) is 8.54. The molecule has 0 bridgehead atoms. The van der Waals surface area contributed by atoms with Gasteiger partial charge in [-0.3, -0.25) is 4.79 Å². The molecule has 2 aromatic heterocycles. The SMILES string of the molecule is COc1nc(CNC(=O)/C=C/c2cccs2)nc(N2CCOCC2)n1. The van der Waals surface area contributed by atoms with Gasteiger partial charge in [0.25, 0.3) is 0 Å². The van der Waals surface area contributed by atoms with Crippen LogP contribution in [0.3, 0.4) is 0 Å². The molecule has 3 heterocycles. The first-order valence-corrected chi connectivity index (χ1v) is 8.73. The number of aromatic nitrogens is 3. The maximum absolute atomic E-state index is 11.9. The number of hydrogen-bond donors (Lipinski definition) is 1. The fraction of sp³-hybridized carbons (Fsp3) is 0.375. The van der Waals surface area contributed by atoms with Gasteiger partial charge in [-0.1, -0.05) is 6.07 Å². The van der Waals surface area contributed by atoms with Crippen molar-refractivity contribution < 1.29 is 14.3 Å². The normalized spacial score (nSPS) is 14.7. The van der Waals surface area contributed by atoms with Gasteiger partial charge in [-0.05, 0) is 17.5 Å². The second-order valence-corrected chi connectivity index (χ2v) is 6.18. The van der Waals surface area contributed by atoms with E-state index in [4.69, 9.17) is 9.47 Å². The number of ether oxygens (including phenoxy) is 2. The summed E-state index contributed by atoms with van der Waals surface area (Å²) in [6.45, 7) is 2.88. The first-order chi connectivity index (χ1) is 12.2. The highest BCUT2D eigenvalue weighted by Crippen LogP contribution is 2.14. The molecule has 1 fully saturated rings. The van der Waals surface area contributed by atoms with Crippen molar-refractivity contribution in [3.8, 4) is 6.01 Å². The maximum Gasteiger partial charge on any atom is 0.321 e. The van der Waals surface area contributed by atoms with Crippen LogP contribution >= 0.6 is 11.3 Å². The largest absolute Gasteiger partial charge is 0.467 e. The van der Waals surface area contributed by atoms with Gasteiger partial charge in [-0.2, -0.15) is 15.0 Å². The summed E-state index contributed by atoms with van der Waals surface area (Å²) in [6.07, 6.45) is 3.26. The van der Waals surface area contributed by atoms with Crippen molar-refractivity contribution in [3.63, 3.8) is 0 Å². The quantitative estimate of drug-likeness (QED) is 0.771. The van der Waals surface area contributed by atoms with Crippen LogP contribution in [0, 0.1) is 0 Å². The zero-order chi connectivity index (χ0) is 17.5. The molecule has 1 N–H and O–H groups in total. The van der Waals surface area contributed by atoms with Crippen LogP contribution in [-0.4, -0.2) is 54.3 Å². The highest BCUT2D eigenvalue weighted by atomic mass is 32.1. The number of carbonyl (C=O) groups excluding carboxylic acids is 1. The summed E-state index contributed by atoms with van der Waals surface area (Å²) >= 11 is 1.57. The zero-order valence-corrected chi connectivity index (χ0v) is 14.7. The molecule has 8 nitrogen and oxygen atoms in total. The summed E-state index contributed by atoms with van der Waals surface area (Å²) in [6, 6.07) is 4.11. The van der Waals surface area contributed by atoms with Crippen molar-refractivity contribution in [2.75, 3.05) is 38.3 Å². The number of methoxy groups -OCH3 is 1. The second-order valence-electron chi connectivity index (χ2n) is 5.20. The van der Waals surface area contributed by atoms with Gasteiger partial charge in [0.1, 0.15) is 0 Å². The number of thiophene rings is 1. The minimum atomic E-state index is -0.208. The summed E-state index contributed by atoms with van der Waals surface area (Å²) in [5.74, 6) is 0.778. The Morgan fingerprint density at radius 1 is 1.40 bits per heavy atom. The number of nitrogens with zero attached hydrogens (tertiary/aromatic N) is 4. The molecular formula is C16H19N5O3S. The lowest BCUT2D eigenvalue weighted by Gasteiger charge is -2.26. The summed E-state index contributed by atoms with van der Waals surface area (Å²) in [5.41, 5.74) is 0. The summed E-state index contributed by atoms with van der Waals surface area (Å²) < 4.78 is 10.5. The van der Waals surface area contributed by atoms with Gasteiger partial charge in [0.15, 0.2) is 5.82 Å². The Labute approximate surface area is 149 Å². The Hall–Kier alpha value is -2.52. The number of anilines is 1. The predicted octanol–water partition coefficient (Wildman–Crippen LogP) is 1.11. The fourth-order valence-corrected chi connectivity index (χ4v) is 2.85.